The van der Waals surface area contributed by atoms with Crippen LogP contribution in [-0.2, 0) is 10.2 Å². The first kappa shape index (κ1) is 27.0. The van der Waals surface area contributed by atoms with Gasteiger partial charge in [-0.1, -0.05) is 60.7 Å². The third kappa shape index (κ3) is 3.68. The Labute approximate surface area is 258 Å². The van der Waals surface area contributed by atoms with Gasteiger partial charge in [-0.3, -0.25) is 14.4 Å². The molecule has 0 aliphatic carbocycles. The van der Waals surface area contributed by atoms with E-state index in [2.05, 4.69) is 5.32 Å². The van der Waals surface area contributed by atoms with Gasteiger partial charge in [0.1, 0.15) is 28.5 Å². The number of fused-ring (bicyclic) bond motifs is 7. The average molecular weight is 597 g/mol. The van der Waals surface area contributed by atoms with E-state index in [0.717, 1.165) is 16.5 Å². The number of methoxy groups -OCH3 is 2. The van der Waals surface area contributed by atoms with Gasteiger partial charge >= 0.3 is 0 Å². The molecule has 8 heteroatoms. The van der Waals surface area contributed by atoms with Crippen LogP contribution < -0.4 is 14.8 Å². The van der Waals surface area contributed by atoms with Crippen LogP contribution in [0, 0.1) is 5.92 Å². The first-order chi connectivity index (χ1) is 22.0. The van der Waals surface area contributed by atoms with E-state index in [0.29, 0.717) is 28.3 Å². The minimum absolute atomic E-state index is 0.0882. The number of amides is 1. The van der Waals surface area contributed by atoms with E-state index in [4.69, 9.17) is 13.9 Å². The van der Waals surface area contributed by atoms with Crippen molar-refractivity contribution in [1.82, 2.24) is 4.90 Å². The molecule has 4 heterocycles. The number of Topliss-reactive ketones (excluding diaryl/α,β-unsaturated/α-hetero) is 2. The summed E-state index contributed by atoms with van der Waals surface area (Å²) in [4.78, 5) is 46.6. The smallest absolute Gasteiger partial charge is 0.238 e. The SMILES string of the molecule is COc1ccc(OC)c(C(=O)[C@@H]2[C@@H](C(=O)c3cc4ccccc4o3)[C@@]3(C(=O)Nc4ccccc43)[C@H]3c4ccccc4C=CN23)c1. The summed E-state index contributed by atoms with van der Waals surface area (Å²) in [5.41, 5.74) is 2.37. The Morgan fingerprint density at radius 3 is 2.47 bits per heavy atom. The molecule has 1 fully saturated rings. The molecular formula is C37H28N2O6. The monoisotopic (exact) mass is 596 g/mol. The number of nitrogens with one attached hydrogen (secondary N) is 1. The van der Waals surface area contributed by atoms with Crippen LogP contribution in [0.15, 0.2) is 108 Å². The molecule has 3 aliphatic rings. The Bertz CT molecular complexity index is 2050. The second-order valence-electron chi connectivity index (χ2n) is 11.5. The molecule has 4 atom stereocenters. The Kier molecular flexibility index (Phi) is 5.96. The number of ether oxygens (including phenoxy) is 2. The van der Waals surface area contributed by atoms with Crippen LogP contribution in [0.4, 0.5) is 5.69 Å². The Morgan fingerprint density at radius 2 is 1.64 bits per heavy atom. The lowest BCUT2D eigenvalue weighted by Gasteiger charge is -2.38. The van der Waals surface area contributed by atoms with Crippen molar-refractivity contribution in [2.24, 2.45) is 5.92 Å². The van der Waals surface area contributed by atoms with Crippen LogP contribution in [0.3, 0.4) is 0 Å². The van der Waals surface area contributed by atoms with Gasteiger partial charge in [0.2, 0.25) is 11.7 Å². The van der Waals surface area contributed by atoms with E-state index in [-0.39, 0.29) is 23.0 Å². The molecule has 3 aliphatic heterocycles. The van der Waals surface area contributed by atoms with Crippen molar-refractivity contribution in [3.8, 4) is 11.5 Å². The van der Waals surface area contributed by atoms with Gasteiger partial charge in [0.15, 0.2) is 11.5 Å². The number of benzene rings is 4. The van der Waals surface area contributed by atoms with Crippen LogP contribution in [0.25, 0.3) is 17.0 Å². The number of hydrogen-bond acceptors (Lipinski definition) is 7. The summed E-state index contributed by atoms with van der Waals surface area (Å²) >= 11 is 0. The summed E-state index contributed by atoms with van der Waals surface area (Å²) in [6.45, 7) is 0. The van der Waals surface area contributed by atoms with Gasteiger partial charge in [0, 0.05) is 17.3 Å². The summed E-state index contributed by atoms with van der Waals surface area (Å²) in [7, 11) is 3.01. The van der Waals surface area contributed by atoms with Crippen molar-refractivity contribution >= 4 is 40.2 Å². The topological polar surface area (TPSA) is 98.1 Å². The van der Waals surface area contributed by atoms with Crippen LogP contribution in [0.1, 0.15) is 43.6 Å². The number of furan rings is 1. The van der Waals surface area contributed by atoms with E-state index >= 15 is 9.59 Å². The highest BCUT2D eigenvalue weighted by Gasteiger charge is 2.71. The summed E-state index contributed by atoms with van der Waals surface area (Å²) in [5, 5.41) is 3.82. The van der Waals surface area contributed by atoms with Crippen LogP contribution >= 0.6 is 0 Å². The fourth-order valence-corrected chi connectivity index (χ4v) is 7.59. The molecule has 1 spiro atoms. The normalized spacial score (nSPS) is 22.6. The number of carbonyl (C=O) groups excluding carboxylic acids is 3. The first-order valence-electron chi connectivity index (χ1n) is 14.7. The standard InChI is InChI=1S/C37H28N2O6/c1-43-23-15-16-29(44-2)25(20-23)33(40)32-31(34(41)30-19-22-10-4-8-14-28(22)45-30)37(26-12-6-7-13-27(26)38-36(37)42)35-24-11-5-3-9-21(24)17-18-39(32)35/h3-20,31-32,35H,1-2H3,(H,38,42)/t31-,32-,35+,37+/m0/s1. The summed E-state index contributed by atoms with van der Waals surface area (Å²) in [6.07, 6.45) is 3.76. The maximum atomic E-state index is 15.1. The van der Waals surface area contributed by atoms with Crippen molar-refractivity contribution in [3.63, 3.8) is 0 Å². The van der Waals surface area contributed by atoms with Gasteiger partial charge in [-0.15, -0.1) is 0 Å². The molecule has 0 bridgehead atoms. The molecule has 1 saturated heterocycles. The minimum atomic E-state index is -1.47. The molecule has 0 radical (unpaired) electrons. The van der Waals surface area contributed by atoms with Gasteiger partial charge in [0.25, 0.3) is 0 Å². The second kappa shape index (κ2) is 9.95. The highest BCUT2D eigenvalue weighted by Crippen LogP contribution is 2.62. The predicted molar refractivity (Wildman–Crippen MR) is 169 cm³/mol. The number of carbonyl (C=O) groups is 3. The van der Waals surface area contributed by atoms with Crippen molar-refractivity contribution < 1.29 is 28.3 Å². The third-order valence-electron chi connectivity index (χ3n) is 9.46. The fraction of sp³-hybridized carbons (Fsp3) is 0.162. The molecule has 45 heavy (non-hydrogen) atoms. The summed E-state index contributed by atoms with van der Waals surface area (Å²) in [6, 6.07) is 27.5. The Morgan fingerprint density at radius 1 is 0.867 bits per heavy atom. The lowest BCUT2D eigenvalue weighted by molar-refractivity contribution is -0.122. The molecule has 1 aromatic heterocycles. The van der Waals surface area contributed by atoms with Gasteiger partial charge < -0.3 is 24.1 Å². The number of anilines is 1. The number of rotatable bonds is 6. The highest BCUT2D eigenvalue weighted by molar-refractivity contribution is 6.17. The number of para-hydroxylation sites is 2. The summed E-state index contributed by atoms with van der Waals surface area (Å²) < 4.78 is 17.2. The maximum Gasteiger partial charge on any atom is 0.238 e. The second-order valence-corrected chi connectivity index (χ2v) is 11.5. The van der Waals surface area contributed by atoms with E-state index in [1.54, 1.807) is 30.3 Å². The number of hydrogen-bond donors (Lipinski definition) is 1. The number of nitrogens with zero attached hydrogens (tertiary/aromatic N) is 1. The predicted octanol–water partition coefficient (Wildman–Crippen LogP) is 6.43. The zero-order valence-electron chi connectivity index (χ0n) is 24.5. The molecule has 222 valence electrons. The minimum Gasteiger partial charge on any atom is -0.497 e. The van der Waals surface area contributed by atoms with Gasteiger partial charge in [-0.25, -0.2) is 0 Å². The Hall–Kier alpha value is -5.63. The molecular weight excluding hydrogens is 568 g/mol. The van der Waals surface area contributed by atoms with Gasteiger partial charge in [0.05, 0.1) is 31.7 Å². The average Bonchev–Trinajstić information content (AvgIpc) is 3.74. The van der Waals surface area contributed by atoms with E-state index < -0.39 is 29.2 Å². The van der Waals surface area contributed by atoms with Crippen molar-refractivity contribution in [2.75, 3.05) is 19.5 Å². The molecule has 4 aromatic carbocycles. The van der Waals surface area contributed by atoms with E-state index in [1.165, 1.54) is 14.2 Å². The Balaban J connectivity index is 1.43. The van der Waals surface area contributed by atoms with Crippen LogP contribution in [-0.4, -0.2) is 42.6 Å². The van der Waals surface area contributed by atoms with Crippen LogP contribution in [0.5, 0.6) is 11.5 Å². The van der Waals surface area contributed by atoms with Crippen molar-refractivity contribution in [3.05, 3.63) is 131 Å². The molecule has 0 saturated carbocycles. The zero-order chi connectivity index (χ0) is 30.9. The molecule has 0 unspecified atom stereocenters. The molecule has 1 amide bonds. The van der Waals surface area contributed by atoms with Crippen LogP contribution in [0.2, 0.25) is 0 Å². The summed E-state index contributed by atoms with van der Waals surface area (Å²) in [5.74, 6) is -1.43. The molecule has 5 aromatic rings. The highest BCUT2D eigenvalue weighted by atomic mass is 16.5. The van der Waals surface area contributed by atoms with E-state index in [1.807, 2.05) is 83.9 Å². The molecule has 8 nitrogen and oxygen atoms in total. The third-order valence-corrected chi connectivity index (χ3v) is 9.46. The molecule has 1 N–H and O–H groups in total. The largest absolute Gasteiger partial charge is 0.497 e. The number of ketones is 2. The van der Waals surface area contributed by atoms with Crippen molar-refractivity contribution in [2.45, 2.75) is 17.5 Å². The van der Waals surface area contributed by atoms with E-state index in [9.17, 15) is 4.79 Å². The lowest BCUT2D eigenvalue weighted by atomic mass is 9.63. The quantitative estimate of drug-likeness (QED) is 0.226. The lowest BCUT2D eigenvalue weighted by Crippen LogP contribution is -2.49. The zero-order valence-corrected chi connectivity index (χ0v) is 24.5. The van der Waals surface area contributed by atoms with Gasteiger partial charge in [-0.05, 0) is 59.2 Å². The van der Waals surface area contributed by atoms with Crippen molar-refractivity contribution in [1.29, 1.82) is 0 Å². The fourth-order valence-electron chi connectivity index (χ4n) is 7.59. The van der Waals surface area contributed by atoms with Gasteiger partial charge in [-0.2, -0.15) is 0 Å². The first-order valence-corrected chi connectivity index (χ1v) is 14.7. The maximum absolute atomic E-state index is 15.1. The molecule has 8 rings (SSSR count).